The standard InChI is InChI=1S/C28H29ClN4O3/c1-2-3-10-33(11-9-30-15-34)27-22-14-23(29)24(19-6-4-5-18-20-12-16(20)13-21(18)19)26(36-17-7-8-17)25(22)31-28(35)32-27/h2,4-6,14-17,20H,1,3,7-13H2,(H,30,34)(H,31,32,35). The molecule has 0 bridgehead atoms. The van der Waals surface area contributed by atoms with Gasteiger partial charge in [0.25, 0.3) is 0 Å². The minimum absolute atomic E-state index is 0.115. The van der Waals surface area contributed by atoms with Crippen LogP contribution in [-0.2, 0) is 11.2 Å². The van der Waals surface area contributed by atoms with Crippen molar-refractivity contribution in [1.29, 1.82) is 0 Å². The van der Waals surface area contributed by atoms with Crippen molar-refractivity contribution in [3.8, 4) is 16.9 Å². The van der Waals surface area contributed by atoms with Crippen molar-refractivity contribution in [2.45, 2.75) is 44.1 Å². The summed E-state index contributed by atoms with van der Waals surface area (Å²) < 4.78 is 6.50. The molecule has 2 saturated carbocycles. The molecule has 0 saturated heterocycles. The van der Waals surface area contributed by atoms with Gasteiger partial charge in [-0.05, 0) is 66.7 Å². The number of amides is 1. The van der Waals surface area contributed by atoms with Crippen LogP contribution in [0.3, 0.4) is 0 Å². The SMILES string of the molecule is C=CCCN(CCNC=O)c1nc(=O)[nH]c2c(OC3CC3)c(-c3cccc4c3CC3CC43)c(Cl)cc12. The first-order valence-corrected chi connectivity index (χ1v) is 13.0. The van der Waals surface area contributed by atoms with E-state index in [1.54, 1.807) is 0 Å². The first-order valence-electron chi connectivity index (χ1n) is 12.7. The lowest BCUT2D eigenvalue weighted by Gasteiger charge is -2.25. The molecule has 2 unspecified atom stereocenters. The van der Waals surface area contributed by atoms with Gasteiger partial charge in [-0.15, -0.1) is 6.58 Å². The molecule has 0 aliphatic heterocycles. The van der Waals surface area contributed by atoms with Crippen molar-refractivity contribution in [2.24, 2.45) is 5.92 Å². The number of benzene rings is 2. The van der Waals surface area contributed by atoms with Gasteiger partial charge in [0.1, 0.15) is 5.82 Å². The maximum absolute atomic E-state index is 12.9. The van der Waals surface area contributed by atoms with Gasteiger partial charge in [-0.2, -0.15) is 4.98 Å². The fourth-order valence-corrected chi connectivity index (χ4v) is 5.84. The number of aromatic amines is 1. The van der Waals surface area contributed by atoms with Gasteiger partial charge in [-0.25, -0.2) is 4.79 Å². The molecular formula is C28H29ClN4O3. The lowest BCUT2D eigenvalue weighted by molar-refractivity contribution is -0.109. The Bertz CT molecular complexity index is 1410. The van der Waals surface area contributed by atoms with E-state index in [0.29, 0.717) is 60.5 Å². The zero-order valence-electron chi connectivity index (χ0n) is 20.1. The molecule has 7 nitrogen and oxygen atoms in total. The third-order valence-electron chi connectivity index (χ3n) is 7.50. The number of hydrogen-bond acceptors (Lipinski definition) is 5. The van der Waals surface area contributed by atoms with E-state index in [4.69, 9.17) is 16.3 Å². The zero-order valence-corrected chi connectivity index (χ0v) is 20.8. The maximum atomic E-state index is 12.9. The topological polar surface area (TPSA) is 87.3 Å². The molecule has 2 N–H and O–H groups in total. The molecule has 1 amide bonds. The van der Waals surface area contributed by atoms with Gasteiger partial charge in [0.05, 0.1) is 16.6 Å². The van der Waals surface area contributed by atoms with Crippen molar-refractivity contribution in [3.63, 3.8) is 0 Å². The van der Waals surface area contributed by atoms with Crippen LogP contribution < -0.4 is 20.6 Å². The van der Waals surface area contributed by atoms with Gasteiger partial charge in [0, 0.05) is 30.6 Å². The molecule has 3 aliphatic rings. The second kappa shape index (κ2) is 9.28. The van der Waals surface area contributed by atoms with Crippen LogP contribution in [0.4, 0.5) is 5.82 Å². The van der Waals surface area contributed by atoms with E-state index in [-0.39, 0.29) is 6.10 Å². The van der Waals surface area contributed by atoms with E-state index in [2.05, 4.69) is 40.1 Å². The Morgan fingerprint density at radius 2 is 2.17 bits per heavy atom. The van der Waals surface area contributed by atoms with Gasteiger partial charge >= 0.3 is 5.69 Å². The summed E-state index contributed by atoms with van der Waals surface area (Å²) in [6.45, 7) is 5.34. The first kappa shape index (κ1) is 23.1. The van der Waals surface area contributed by atoms with E-state index in [1.807, 2.05) is 17.0 Å². The summed E-state index contributed by atoms with van der Waals surface area (Å²) in [6.07, 6.45) is 7.60. The molecular weight excluding hydrogens is 476 g/mol. The largest absolute Gasteiger partial charge is 0.488 e. The lowest BCUT2D eigenvalue weighted by Crippen LogP contribution is -2.34. The molecule has 2 fully saturated rings. The molecule has 8 heteroatoms. The van der Waals surface area contributed by atoms with Crippen LogP contribution in [-0.4, -0.2) is 42.1 Å². The molecule has 0 radical (unpaired) electrons. The summed E-state index contributed by atoms with van der Waals surface area (Å²) >= 11 is 7.05. The number of halogens is 1. The summed E-state index contributed by atoms with van der Waals surface area (Å²) in [5, 5.41) is 4.00. The van der Waals surface area contributed by atoms with E-state index < -0.39 is 5.69 Å². The van der Waals surface area contributed by atoms with E-state index in [9.17, 15) is 9.59 Å². The Kier molecular flexibility index (Phi) is 5.96. The summed E-state index contributed by atoms with van der Waals surface area (Å²) in [7, 11) is 0. The second-order valence-corrected chi connectivity index (χ2v) is 10.4. The summed E-state index contributed by atoms with van der Waals surface area (Å²) in [6, 6.07) is 8.36. The molecule has 3 aliphatic carbocycles. The molecule has 6 rings (SSSR count). The number of rotatable bonds is 11. The molecule has 1 heterocycles. The van der Waals surface area contributed by atoms with Gasteiger partial charge in [0.15, 0.2) is 5.75 Å². The van der Waals surface area contributed by atoms with Crippen LogP contribution in [0.2, 0.25) is 5.02 Å². The summed E-state index contributed by atoms with van der Waals surface area (Å²) in [5.74, 6) is 2.56. The molecule has 0 spiro atoms. The van der Waals surface area contributed by atoms with Crippen molar-refractivity contribution >= 4 is 34.7 Å². The Morgan fingerprint density at radius 1 is 1.31 bits per heavy atom. The Labute approximate surface area is 214 Å². The predicted octanol–water partition coefficient (Wildman–Crippen LogP) is 4.57. The number of nitrogens with zero attached hydrogens (tertiary/aromatic N) is 2. The monoisotopic (exact) mass is 504 g/mol. The minimum atomic E-state index is -0.446. The third kappa shape index (κ3) is 4.15. The highest BCUT2D eigenvalue weighted by Gasteiger charge is 2.46. The van der Waals surface area contributed by atoms with Gasteiger partial charge in [0.2, 0.25) is 6.41 Å². The number of carbonyl (C=O) groups is 1. The van der Waals surface area contributed by atoms with Gasteiger partial charge in [-0.1, -0.05) is 35.9 Å². The van der Waals surface area contributed by atoms with E-state index >= 15 is 0 Å². The van der Waals surface area contributed by atoms with E-state index in [0.717, 1.165) is 41.7 Å². The quantitative estimate of drug-likeness (QED) is 0.227. The number of carbonyl (C=O) groups excluding carboxylic acids is 1. The van der Waals surface area contributed by atoms with Crippen LogP contribution >= 0.6 is 11.6 Å². The normalized spacial score (nSPS) is 19.5. The summed E-state index contributed by atoms with van der Waals surface area (Å²) in [4.78, 5) is 33.0. The van der Waals surface area contributed by atoms with Crippen LogP contribution in [0, 0.1) is 5.92 Å². The highest BCUT2D eigenvalue weighted by atomic mass is 35.5. The van der Waals surface area contributed by atoms with Crippen molar-refractivity contribution in [2.75, 3.05) is 24.5 Å². The number of hydrogen-bond donors (Lipinski definition) is 2. The Morgan fingerprint density at radius 3 is 2.94 bits per heavy atom. The van der Waals surface area contributed by atoms with Gasteiger partial charge < -0.3 is 19.9 Å². The lowest BCUT2D eigenvalue weighted by atomic mass is 9.93. The average molecular weight is 505 g/mol. The molecule has 186 valence electrons. The number of anilines is 1. The number of aromatic nitrogens is 2. The fourth-order valence-electron chi connectivity index (χ4n) is 5.54. The Hall–Kier alpha value is -3.32. The Balaban J connectivity index is 1.54. The van der Waals surface area contributed by atoms with Crippen molar-refractivity contribution < 1.29 is 9.53 Å². The first-order chi connectivity index (χ1) is 17.6. The summed E-state index contributed by atoms with van der Waals surface area (Å²) in [5.41, 5.74) is 4.89. The number of nitrogens with one attached hydrogen (secondary N) is 2. The van der Waals surface area contributed by atoms with E-state index in [1.165, 1.54) is 17.5 Å². The zero-order chi connectivity index (χ0) is 24.8. The highest BCUT2D eigenvalue weighted by molar-refractivity contribution is 6.35. The smallest absolute Gasteiger partial charge is 0.347 e. The number of fused-ring (bicyclic) bond motifs is 4. The third-order valence-corrected chi connectivity index (χ3v) is 7.80. The number of ether oxygens (including phenoxy) is 1. The molecule has 1 aromatic heterocycles. The molecule has 3 aromatic rings. The average Bonchev–Trinajstić information content (AvgIpc) is 3.80. The second-order valence-electron chi connectivity index (χ2n) is 9.98. The highest BCUT2D eigenvalue weighted by Crippen LogP contribution is 2.59. The predicted molar refractivity (Wildman–Crippen MR) is 142 cm³/mol. The van der Waals surface area contributed by atoms with Crippen molar-refractivity contribution in [3.05, 3.63) is 63.6 Å². The van der Waals surface area contributed by atoms with Crippen LogP contribution in [0.25, 0.3) is 22.0 Å². The molecule has 2 aromatic carbocycles. The van der Waals surface area contributed by atoms with Gasteiger partial charge in [-0.3, -0.25) is 4.79 Å². The van der Waals surface area contributed by atoms with Crippen molar-refractivity contribution in [1.82, 2.24) is 15.3 Å². The maximum Gasteiger partial charge on any atom is 0.347 e. The molecule has 36 heavy (non-hydrogen) atoms. The molecule has 2 atom stereocenters. The van der Waals surface area contributed by atoms with Crippen LogP contribution in [0.15, 0.2) is 41.7 Å². The van der Waals surface area contributed by atoms with Crippen LogP contribution in [0.5, 0.6) is 5.75 Å². The van der Waals surface area contributed by atoms with Crippen LogP contribution in [0.1, 0.15) is 42.7 Å². The fraction of sp³-hybridized carbons (Fsp3) is 0.393. The minimum Gasteiger partial charge on any atom is -0.488 e. The number of H-pyrrole nitrogens is 1.